The van der Waals surface area contributed by atoms with Crippen molar-refractivity contribution in [2.45, 2.75) is 0 Å². The lowest BCUT2D eigenvalue weighted by Crippen LogP contribution is -2.05. The van der Waals surface area contributed by atoms with Gasteiger partial charge in [0.15, 0.2) is 5.70 Å². The number of carbonyl (C=O) groups excluding carboxylic acids is 1. The van der Waals surface area contributed by atoms with Gasteiger partial charge in [0.05, 0.1) is 11.6 Å². The SMILES string of the molecule is COc1ccc(C2=NC(=CC=Cc3ccccc3)C(=O)O2)cc1Br. The van der Waals surface area contributed by atoms with E-state index < -0.39 is 5.97 Å². The third-order valence-corrected chi connectivity index (χ3v) is 3.98. The number of esters is 1. The standard InChI is InChI=1S/C19H14BrNO3/c1-23-17-11-10-14(12-15(17)20)18-21-16(19(22)24-18)9-5-8-13-6-3-2-4-7-13/h2-12H,1H3. The zero-order valence-corrected chi connectivity index (χ0v) is 14.5. The van der Waals surface area contributed by atoms with Crippen molar-refractivity contribution < 1.29 is 14.3 Å². The Morgan fingerprint density at radius 1 is 1.17 bits per heavy atom. The highest BCUT2D eigenvalue weighted by Gasteiger charge is 2.24. The molecule has 1 aliphatic rings. The van der Waals surface area contributed by atoms with Gasteiger partial charge in [-0.15, -0.1) is 0 Å². The number of carbonyl (C=O) groups is 1. The van der Waals surface area contributed by atoms with Crippen molar-refractivity contribution in [2.75, 3.05) is 7.11 Å². The molecule has 0 aromatic heterocycles. The van der Waals surface area contributed by atoms with Crippen molar-refractivity contribution >= 4 is 33.9 Å². The van der Waals surface area contributed by atoms with Gasteiger partial charge in [0.1, 0.15) is 5.75 Å². The molecule has 0 fully saturated rings. The third-order valence-electron chi connectivity index (χ3n) is 3.36. The second-order valence-electron chi connectivity index (χ2n) is 4.98. The molecule has 0 spiro atoms. The molecule has 0 amide bonds. The minimum Gasteiger partial charge on any atom is -0.496 e. The number of nitrogens with zero attached hydrogens (tertiary/aromatic N) is 1. The maximum atomic E-state index is 11.9. The van der Waals surface area contributed by atoms with Gasteiger partial charge in [-0.25, -0.2) is 9.79 Å². The summed E-state index contributed by atoms with van der Waals surface area (Å²) >= 11 is 3.41. The third kappa shape index (κ3) is 3.63. The molecule has 0 radical (unpaired) electrons. The van der Waals surface area contributed by atoms with Crippen LogP contribution in [0.2, 0.25) is 0 Å². The van der Waals surface area contributed by atoms with Crippen LogP contribution < -0.4 is 4.74 Å². The van der Waals surface area contributed by atoms with Crippen molar-refractivity contribution in [3.63, 3.8) is 0 Å². The van der Waals surface area contributed by atoms with Crippen LogP contribution in [0.15, 0.2) is 75.8 Å². The Morgan fingerprint density at radius 3 is 2.67 bits per heavy atom. The first kappa shape index (κ1) is 16.2. The smallest absolute Gasteiger partial charge is 0.363 e. The number of allylic oxidation sites excluding steroid dienone is 2. The summed E-state index contributed by atoms with van der Waals surface area (Å²) in [5, 5.41) is 0. The fraction of sp³-hybridized carbons (Fsp3) is 0.0526. The Bertz CT molecular complexity index is 854. The van der Waals surface area contributed by atoms with Crippen LogP contribution in [0.3, 0.4) is 0 Å². The van der Waals surface area contributed by atoms with Crippen molar-refractivity contribution in [3.05, 3.63) is 82.0 Å². The maximum Gasteiger partial charge on any atom is 0.363 e. The molecule has 4 nitrogen and oxygen atoms in total. The minimum atomic E-state index is -0.463. The Hall–Kier alpha value is -2.66. The highest BCUT2D eigenvalue weighted by atomic mass is 79.9. The van der Waals surface area contributed by atoms with Crippen LogP contribution in [0, 0.1) is 0 Å². The van der Waals surface area contributed by atoms with Gasteiger partial charge in [0.2, 0.25) is 5.90 Å². The molecule has 0 saturated carbocycles. The second kappa shape index (κ2) is 7.27. The monoisotopic (exact) mass is 383 g/mol. The molecule has 0 unspecified atom stereocenters. The predicted molar refractivity (Wildman–Crippen MR) is 96.9 cm³/mol. The van der Waals surface area contributed by atoms with E-state index in [-0.39, 0.29) is 11.6 Å². The summed E-state index contributed by atoms with van der Waals surface area (Å²) in [5.41, 5.74) is 2.01. The van der Waals surface area contributed by atoms with Crippen molar-refractivity contribution in [1.29, 1.82) is 0 Å². The van der Waals surface area contributed by atoms with Crippen LogP contribution in [-0.4, -0.2) is 19.0 Å². The molecule has 5 heteroatoms. The van der Waals surface area contributed by atoms with Crippen molar-refractivity contribution in [3.8, 4) is 5.75 Å². The van der Waals surface area contributed by atoms with Gasteiger partial charge >= 0.3 is 5.97 Å². The Morgan fingerprint density at radius 2 is 1.96 bits per heavy atom. The number of aliphatic imine (C=N–C) groups is 1. The second-order valence-corrected chi connectivity index (χ2v) is 5.83. The van der Waals surface area contributed by atoms with E-state index in [1.54, 1.807) is 37.5 Å². The lowest BCUT2D eigenvalue weighted by atomic mass is 10.2. The number of cyclic esters (lactones) is 1. The van der Waals surface area contributed by atoms with Crippen LogP contribution in [-0.2, 0) is 9.53 Å². The Labute approximate surface area is 148 Å². The number of halogens is 1. The van der Waals surface area contributed by atoms with Crippen LogP contribution in [0.1, 0.15) is 11.1 Å². The fourth-order valence-electron chi connectivity index (χ4n) is 2.16. The molecular weight excluding hydrogens is 370 g/mol. The zero-order valence-electron chi connectivity index (χ0n) is 12.9. The van der Waals surface area contributed by atoms with E-state index in [1.807, 2.05) is 36.4 Å². The molecule has 0 bridgehead atoms. The van der Waals surface area contributed by atoms with Crippen molar-refractivity contribution in [1.82, 2.24) is 0 Å². The summed E-state index contributed by atoms with van der Waals surface area (Å²) in [4.78, 5) is 16.2. The summed E-state index contributed by atoms with van der Waals surface area (Å²) in [6, 6.07) is 15.2. The minimum absolute atomic E-state index is 0.268. The van der Waals surface area contributed by atoms with Gasteiger partial charge in [-0.05, 0) is 45.8 Å². The molecule has 3 rings (SSSR count). The van der Waals surface area contributed by atoms with E-state index in [1.165, 1.54) is 0 Å². The van der Waals surface area contributed by atoms with Crippen LogP contribution >= 0.6 is 15.9 Å². The molecule has 24 heavy (non-hydrogen) atoms. The van der Waals surface area contributed by atoms with Gasteiger partial charge in [0, 0.05) is 5.56 Å². The number of methoxy groups -OCH3 is 1. The van der Waals surface area contributed by atoms with E-state index in [0.29, 0.717) is 11.3 Å². The molecule has 120 valence electrons. The summed E-state index contributed by atoms with van der Waals surface area (Å²) in [7, 11) is 1.59. The molecular formula is C19H14BrNO3. The molecule has 0 aliphatic carbocycles. The van der Waals surface area contributed by atoms with Crippen LogP contribution in [0.25, 0.3) is 6.08 Å². The molecule has 2 aromatic carbocycles. The number of benzene rings is 2. The fourth-order valence-corrected chi connectivity index (χ4v) is 2.70. The van der Waals surface area contributed by atoms with E-state index >= 15 is 0 Å². The summed E-state index contributed by atoms with van der Waals surface area (Å²) in [6.07, 6.45) is 5.32. The molecule has 0 saturated heterocycles. The van der Waals surface area contributed by atoms with E-state index in [2.05, 4.69) is 20.9 Å². The lowest BCUT2D eigenvalue weighted by Gasteiger charge is -2.05. The van der Waals surface area contributed by atoms with E-state index in [0.717, 1.165) is 10.0 Å². The summed E-state index contributed by atoms with van der Waals surface area (Å²) in [5.74, 6) is 0.516. The van der Waals surface area contributed by atoms with Crippen LogP contribution in [0.4, 0.5) is 0 Å². The number of ether oxygens (including phenoxy) is 2. The Balaban J connectivity index is 1.81. The Kier molecular flexibility index (Phi) is 4.91. The maximum absolute atomic E-state index is 11.9. The van der Waals surface area contributed by atoms with Gasteiger partial charge in [-0.3, -0.25) is 0 Å². The average Bonchev–Trinajstić information content (AvgIpc) is 2.97. The van der Waals surface area contributed by atoms with Crippen molar-refractivity contribution in [2.24, 2.45) is 4.99 Å². The molecule has 1 heterocycles. The first-order valence-electron chi connectivity index (χ1n) is 7.25. The largest absolute Gasteiger partial charge is 0.496 e. The molecule has 2 aromatic rings. The first-order valence-corrected chi connectivity index (χ1v) is 8.05. The van der Waals surface area contributed by atoms with E-state index in [4.69, 9.17) is 9.47 Å². The number of hydrogen-bond acceptors (Lipinski definition) is 4. The average molecular weight is 384 g/mol. The number of hydrogen-bond donors (Lipinski definition) is 0. The molecule has 0 N–H and O–H groups in total. The lowest BCUT2D eigenvalue weighted by molar-refractivity contribution is -0.130. The van der Waals surface area contributed by atoms with E-state index in [9.17, 15) is 4.79 Å². The normalized spacial score (nSPS) is 15.7. The summed E-state index contributed by atoms with van der Waals surface area (Å²) < 4.78 is 11.2. The number of rotatable bonds is 4. The highest BCUT2D eigenvalue weighted by Crippen LogP contribution is 2.27. The van der Waals surface area contributed by atoms with Gasteiger partial charge in [0.25, 0.3) is 0 Å². The highest BCUT2D eigenvalue weighted by molar-refractivity contribution is 9.10. The summed E-state index contributed by atoms with van der Waals surface area (Å²) in [6.45, 7) is 0. The van der Waals surface area contributed by atoms with Gasteiger partial charge in [-0.2, -0.15) is 0 Å². The zero-order chi connectivity index (χ0) is 16.9. The quantitative estimate of drug-likeness (QED) is 0.582. The topological polar surface area (TPSA) is 47.9 Å². The van der Waals surface area contributed by atoms with Gasteiger partial charge in [-0.1, -0.05) is 42.5 Å². The predicted octanol–water partition coefficient (Wildman–Crippen LogP) is 4.36. The molecule has 0 atom stereocenters. The van der Waals surface area contributed by atoms with Crippen LogP contribution in [0.5, 0.6) is 5.75 Å². The molecule has 1 aliphatic heterocycles. The first-order chi connectivity index (χ1) is 11.7. The van der Waals surface area contributed by atoms with Gasteiger partial charge < -0.3 is 9.47 Å².